The fourth-order valence-corrected chi connectivity index (χ4v) is 2.59. The van der Waals surface area contributed by atoms with Gasteiger partial charge in [-0.25, -0.2) is 8.78 Å². The molecule has 0 bridgehead atoms. The van der Waals surface area contributed by atoms with E-state index in [1.807, 2.05) is 18.3 Å². The zero-order chi connectivity index (χ0) is 16.4. The van der Waals surface area contributed by atoms with Crippen LogP contribution in [-0.4, -0.2) is 17.4 Å². The van der Waals surface area contributed by atoms with Crippen molar-refractivity contribution in [1.29, 1.82) is 0 Å². The molecule has 6 heteroatoms. The molecule has 3 aromatic rings. The van der Waals surface area contributed by atoms with Crippen LogP contribution in [0.4, 0.5) is 8.78 Å². The average Bonchev–Trinajstić information content (AvgIpc) is 2.92. The van der Waals surface area contributed by atoms with Gasteiger partial charge in [-0.2, -0.15) is 0 Å². The lowest BCUT2D eigenvalue weighted by atomic mass is 10.1. The van der Waals surface area contributed by atoms with E-state index in [2.05, 4.69) is 10.3 Å². The molecule has 1 amide bonds. The summed E-state index contributed by atoms with van der Waals surface area (Å²) in [5, 5.41) is 4.38. The number of aromatic amines is 1. The highest BCUT2D eigenvalue weighted by Crippen LogP contribution is 2.22. The number of carbonyl (C=O) groups is 1. The van der Waals surface area contributed by atoms with Gasteiger partial charge in [0, 0.05) is 34.2 Å². The molecule has 0 aliphatic carbocycles. The van der Waals surface area contributed by atoms with E-state index in [0.29, 0.717) is 18.0 Å². The Morgan fingerprint density at radius 3 is 2.74 bits per heavy atom. The van der Waals surface area contributed by atoms with Crippen LogP contribution in [0.15, 0.2) is 42.6 Å². The van der Waals surface area contributed by atoms with Crippen molar-refractivity contribution in [1.82, 2.24) is 10.3 Å². The van der Waals surface area contributed by atoms with Crippen LogP contribution in [0.2, 0.25) is 5.02 Å². The first kappa shape index (κ1) is 15.5. The lowest BCUT2D eigenvalue weighted by Crippen LogP contribution is -2.25. The Bertz CT molecular complexity index is 876. The number of carbonyl (C=O) groups excluding carboxylic acids is 1. The molecule has 3 rings (SSSR count). The number of halogens is 3. The molecular weight excluding hydrogens is 322 g/mol. The summed E-state index contributed by atoms with van der Waals surface area (Å²) in [6, 6.07) is 8.63. The summed E-state index contributed by atoms with van der Waals surface area (Å²) >= 11 is 5.93. The Morgan fingerprint density at radius 1 is 1.13 bits per heavy atom. The first-order valence-electron chi connectivity index (χ1n) is 7.03. The Morgan fingerprint density at radius 2 is 1.96 bits per heavy atom. The Labute approximate surface area is 136 Å². The topological polar surface area (TPSA) is 44.9 Å². The Hall–Kier alpha value is -2.40. The van der Waals surface area contributed by atoms with Gasteiger partial charge in [0.25, 0.3) is 5.91 Å². The van der Waals surface area contributed by atoms with E-state index in [0.717, 1.165) is 28.6 Å². The molecule has 0 saturated heterocycles. The lowest BCUT2D eigenvalue weighted by Gasteiger charge is -2.05. The molecule has 23 heavy (non-hydrogen) atoms. The van der Waals surface area contributed by atoms with Crippen molar-refractivity contribution in [3.63, 3.8) is 0 Å². The van der Waals surface area contributed by atoms with Crippen LogP contribution < -0.4 is 5.32 Å². The standard InChI is InChI=1S/C17H13ClF2N2O/c18-12-2-3-13-11(9-22-16(13)8-12)5-6-21-17(23)10-1-4-14(19)15(20)7-10/h1-4,7-9,22H,5-6H2,(H,21,23). The maximum Gasteiger partial charge on any atom is 0.251 e. The average molecular weight is 335 g/mol. The van der Waals surface area contributed by atoms with Gasteiger partial charge in [0.1, 0.15) is 0 Å². The maximum atomic E-state index is 13.1. The van der Waals surface area contributed by atoms with E-state index in [1.54, 1.807) is 6.07 Å². The number of aromatic nitrogens is 1. The summed E-state index contributed by atoms with van der Waals surface area (Å²) in [5.41, 5.74) is 2.07. The third-order valence-corrected chi connectivity index (χ3v) is 3.83. The predicted octanol–water partition coefficient (Wildman–Crippen LogP) is 4.07. The highest BCUT2D eigenvalue weighted by Gasteiger charge is 2.10. The van der Waals surface area contributed by atoms with Crippen molar-refractivity contribution < 1.29 is 13.6 Å². The lowest BCUT2D eigenvalue weighted by molar-refractivity contribution is 0.0953. The van der Waals surface area contributed by atoms with Crippen molar-refractivity contribution in [2.45, 2.75) is 6.42 Å². The quantitative estimate of drug-likeness (QED) is 0.742. The van der Waals surface area contributed by atoms with E-state index in [9.17, 15) is 13.6 Å². The molecule has 118 valence electrons. The summed E-state index contributed by atoms with van der Waals surface area (Å²) < 4.78 is 26.0. The first-order valence-corrected chi connectivity index (χ1v) is 7.41. The minimum atomic E-state index is -1.04. The van der Waals surface area contributed by atoms with Gasteiger partial charge in [0.2, 0.25) is 0 Å². The zero-order valence-electron chi connectivity index (χ0n) is 12.0. The van der Waals surface area contributed by atoms with Crippen molar-refractivity contribution in [2.24, 2.45) is 0 Å². The monoisotopic (exact) mass is 334 g/mol. The van der Waals surface area contributed by atoms with E-state index < -0.39 is 17.5 Å². The third kappa shape index (κ3) is 3.35. The van der Waals surface area contributed by atoms with E-state index in [-0.39, 0.29) is 5.56 Å². The second kappa shape index (κ2) is 6.38. The number of nitrogens with one attached hydrogen (secondary N) is 2. The van der Waals surface area contributed by atoms with Crippen LogP contribution in [-0.2, 0) is 6.42 Å². The minimum Gasteiger partial charge on any atom is -0.361 e. The molecular formula is C17H13ClF2N2O. The SMILES string of the molecule is O=C(NCCc1c[nH]c2cc(Cl)ccc12)c1ccc(F)c(F)c1. The second-order valence-electron chi connectivity index (χ2n) is 5.14. The summed E-state index contributed by atoms with van der Waals surface area (Å²) in [6.45, 7) is 0.382. The minimum absolute atomic E-state index is 0.0922. The van der Waals surface area contributed by atoms with Gasteiger partial charge in [0.15, 0.2) is 11.6 Å². The smallest absolute Gasteiger partial charge is 0.251 e. The van der Waals surface area contributed by atoms with Crippen molar-refractivity contribution in [3.8, 4) is 0 Å². The predicted molar refractivity (Wildman–Crippen MR) is 85.7 cm³/mol. The van der Waals surface area contributed by atoms with Crippen molar-refractivity contribution in [2.75, 3.05) is 6.54 Å². The van der Waals surface area contributed by atoms with Crippen LogP contribution in [0.3, 0.4) is 0 Å². The fraction of sp³-hybridized carbons (Fsp3) is 0.118. The van der Waals surface area contributed by atoms with Crippen LogP contribution in [0.25, 0.3) is 10.9 Å². The van der Waals surface area contributed by atoms with Gasteiger partial charge >= 0.3 is 0 Å². The molecule has 0 fully saturated rings. The van der Waals surface area contributed by atoms with Gasteiger partial charge in [0.05, 0.1) is 0 Å². The normalized spacial score (nSPS) is 10.9. The number of amides is 1. The molecule has 0 unspecified atom stereocenters. The number of benzene rings is 2. The highest BCUT2D eigenvalue weighted by molar-refractivity contribution is 6.31. The van der Waals surface area contributed by atoms with E-state index in [4.69, 9.17) is 11.6 Å². The fourth-order valence-electron chi connectivity index (χ4n) is 2.42. The number of fused-ring (bicyclic) bond motifs is 1. The molecule has 0 radical (unpaired) electrons. The van der Waals surface area contributed by atoms with E-state index in [1.165, 1.54) is 6.07 Å². The van der Waals surface area contributed by atoms with Gasteiger partial charge in [-0.3, -0.25) is 4.79 Å². The van der Waals surface area contributed by atoms with Gasteiger partial charge in [-0.15, -0.1) is 0 Å². The molecule has 2 aromatic carbocycles. The summed E-state index contributed by atoms with van der Waals surface area (Å²) in [7, 11) is 0. The summed E-state index contributed by atoms with van der Waals surface area (Å²) in [6.07, 6.45) is 2.47. The maximum absolute atomic E-state index is 13.1. The summed E-state index contributed by atoms with van der Waals surface area (Å²) in [4.78, 5) is 15.0. The number of hydrogen-bond donors (Lipinski definition) is 2. The molecule has 1 aromatic heterocycles. The second-order valence-corrected chi connectivity index (χ2v) is 5.58. The van der Waals surface area contributed by atoms with Gasteiger partial charge in [-0.05, 0) is 42.3 Å². The molecule has 0 aliphatic heterocycles. The van der Waals surface area contributed by atoms with Crippen LogP contribution in [0.1, 0.15) is 15.9 Å². The van der Waals surface area contributed by atoms with Crippen LogP contribution in [0, 0.1) is 11.6 Å². The van der Waals surface area contributed by atoms with Gasteiger partial charge < -0.3 is 10.3 Å². The van der Waals surface area contributed by atoms with E-state index >= 15 is 0 Å². The molecule has 0 spiro atoms. The molecule has 1 heterocycles. The highest BCUT2D eigenvalue weighted by atomic mass is 35.5. The number of rotatable bonds is 4. The zero-order valence-corrected chi connectivity index (χ0v) is 12.8. The van der Waals surface area contributed by atoms with Crippen molar-refractivity contribution >= 4 is 28.4 Å². The molecule has 2 N–H and O–H groups in total. The largest absolute Gasteiger partial charge is 0.361 e. The van der Waals surface area contributed by atoms with Crippen LogP contribution >= 0.6 is 11.6 Å². The van der Waals surface area contributed by atoms with Crippen LogP contribution in [0.5, 0.6) is 0 Å². The Balaban J connectivity index is 1.64. The van der Waals surface area contributed by atoms with Gasteiger partial charge in [-0.1, -0.05) is 17.7 Å². The molecule has 0 saturated carbocycles. The Kier molecular flexibility index (Phi) is 4.30. The molecule has 0 aliphatic rings. The third-order valence-electron chi connectivity index (χ3n) is 3.59. The number of hydrogen-bond acceptors (Lipinski definition) is 1. The first-order chi connectivity index (χ1) is 11.0. The molecule has 0 atom stereocenters. The molecule has 3 nitrogen and oxygen atoms in total. The van der Waals surface area contributed by atoms with Crippen molar-refractivity contribution in [3.05, 3.63) is 70.4 Å². The summed E-state index contributed by atoms with van der Waals surface area (Å²) in [5.74, 6) is -2.45. The number of H-pyrrole nitrogens is 1.